The van der Waals surface area contributed by atoms with Gasteiger partial charge in [0.05, 0.1) is 13.0 Å². The lowest BCUT2D eigenvalue weighted by molar-refractivity contribution is -0.145. The van der Waals surface area contributed by atoms with E-state index < -0.39 is 6.04 Å². The summed E-state index contributed by atoms with van der Waals surface area (Å²) in [4.78, 5) is 55.8. The van der Waals surface area contributed by atoms with E-state index in [9.17, 15) is 19.2 Å². The molecule has 12 nitrogen and oxygen atoms in total. The van der Waals surface area contributed by atoms with E-state index in [0.29, 0.717) is 24.5 Å². The van der Waals surface area contributed by atoms with E-state index in [-0.39, 0.29) is 43.4 Å². The fraction of sp³-hybridized carbons (Fsp3) is 0.429. The van der Waals surface area contributed by atoms with Crippen molar-refractivity contribution < 1.29 is 28.7 Å². The van der Waals surface area contributed by atoms with Gasteiger partial charge in [-0.3, -0.25) is 29.0 Å². The zero-order valence-corrected chi connectivity index (χ0v) is 22.5. The molecule has 12 heteroatoms. The van der Waals surface area contributed by atoms with E-state index >= 15 is 0 Å². The van der Waals surface area contributed by atoms with Crippen molar-refractivity contribution in [2.75, 3.05) is 63.2 Å². The molecule has 0 spiro atoms. The molecule has 0 saturated carbocycles. The molecular formula is C28H34N6O6. The first-order chi connectivity index (χ1) is 19.3. The van der Waals surface area contributed by atoms with Gasteiger partial charge in [-0.25, -0.2) is 0 Å². The summed E-state index contributed by atoms with van der Waals surface area (Å²) in [6, 6.07) is 11.8. The molecule has 2 saturated heterocycles. The molecule has 3 N–H and O–H groups in total. The molecule has 0 aliphatic carbocycles. The average Bonchev–Trinajstić information content (AvgIpc) is 3.40. The van der Waals surface area contributed by atoms with Crippen LogP contribution in [0.15, 0.2) is 42.5 Å². The number of hydrogen-bond donors (Lipinski definition) is 3. The van der Waals surface area contributed by atoms with Crippen molar-refractivity contribution in [1.29, 1.82) is 0 Å². The highest BCUT2D eigenvalue weighted by Crippen LogP contribution is 2.32. The molecule has 3 aliphatic rings. The molecule has 0 radical (unpaired) electrons. The highest BCUT2D eigenvalue weighted by molar-refractivity contribution is 5.98. The first-order valence-electron chi connectivity index (χ1n) is 13.4. The van der Waals surface area contributed by atoms with Crippen LogP contribution in [0.3, 0.4) is 0 Å². The number of hydrogen-bond acceptors (Lipinski definition) is 8. The van der Waals surface area contributed by atoms with Crippen molar-refractivity contribution in [2.24, 2.45) is 0 Å². The van der Waals surface area contributed by atoms with E-state index in [2.05, 4.69) is 25.8 Å². The lowest BCUT2D eigenvalue weighted by Gasteiger charge is -2.38. The second-order valence-corrected chi connectivity index (χ2v) is 10.1. The van der Waals surface area contributed by atoms with Crippen LogP contribution in [0.25, 0.3) is 0 Å². The second kappa shape index (κ2) is 12.3. The number of nitrogens with zero attached hydrogens (tertiary/aromatic N) is 3. The lowest BCUT2D eigenvalue weighted by atomic mass is 10.1. The average molecular weight is 551 g/mol. The summed E-state index contributed by atoms with van der Waals surface area (Å²) >= 11 is 0. The second-order valence-electron chi connectivity index (χ2n) is 10.1. The smallest absolute Gasteiger partial charge is 0.243 e. The minimum atomic E-state index is -0.868. The number of ether oxygens (including phenoxy) is 2. The molecule has 1 atom stereocenters. The first-order valence-corrected chi connectivity index (χ1v) is 13.4. The van der Waals surface area contributed by atoms with Gasteiger partial charge in [0.15, 0.2) is 11.5 Å². The highest BCUT2D eigenvalue weighted by Gasteiger charge is 2.35. The first kappa shape index (κ1) is 27.4. The van der Waals surface area contributed by atoms with Gasteiger partial charge in [-0.2, -0.15) is 0 Å². The molecule has 2 fully saturated rings. The van der Waals surface area contributed by atoms with Crippen molar-refractivity contribution >= 4 is 35.0 Å². The van der Waals surface area contributed by atoms with Gasteiger partial charge in [0.1, 0.15) is 6.04 Å². The van der Waals surface area contributed by atoms with Crippen LogP contribution in [0.2, 0.25) is 0 Å². The molecule has 1 unspecified atom stereocenters. The van der Waals surface area contributed by atoms with E-state index in [1.54, 1.807) is 24.3 Å². The van der Waals surface area contributed by atoms with Crippen molar-refractivity contribution in [2.45, 2.75) is 25.9 Å². The number of piperazine rings is 2. The standard InChI is InChI=1S/C28H34N6O6/c1-19(35)30-21-3-5-22(6-4-21)31-26(36)15-23-28(38)29-8-9-34(23)27(37)17-33-12-10-32(11-13-33)16-20-2-7-24-25(14-20)40-18-39-24/h2-7,14,23H,8-13,15-18H2,1H3,(H,29,38)(H,30,35)(H,31,36). The number of benzene rings is 2. The van der Waals surface area contributed by atoms with Crippen LogP contribution in [0.1, 0.15) is 18.9 Å². The van der Waals surface area contributed by atoms with Crippen molar-refractivity contribution in [3.63, 3.8) is 0 Å². The molecule has 2 aromatic carbocycles. The Labute approximate surface area is 232 Å². The van der Waals surface area contributed by atoms with Gasteiger partial charge in [-0.05, 0) is 42.0 Å². The molecule has 40 heavy (non-hydrogen) atoms. The SMILES string of the molecule is CC(=O)Nc1ccc(NC(=O)CC2C(=O)NCCN2C(=O)CN2CCN(Cc3ccc4c(c3)OCO4)CC2)cc1. The molecule has 0 bridgehead atoms. The zero-order valence-electron chi connectivity index (χ0n) is 22.5. The van der Waals surface area contributed by atoms with Gasteiger partial charge in [-0.1, -0.05) is 6.07 Å². The number of anilines is 2. The van der Waals surface area contributed by atoms with E-state index in [1.807, 2.05) is 18.2 Å². The molecule has 4 amide bonds. The van der Waals surface area contributed by atoms with Gasteiger partial charge in [0.25, 0.3) is 0 Å². The molecule has 3 aliphatic heterocycles. The number of fused-ring (bicyclic) bond motifs is 1. The summed E-state index contributed by atoms with van der Waals surface area (Å²) in [7, 11) is 0. The van der Waals surface area contributed by atoms with Crippen LogP contribution in [0.4, 0.5) is 11.4 Å². The number of rotatable bonds is 8. The van der Waals surface area contributed by atoms with Crippen molar-refractivity contribution in [1.82, 2.24) is 20.0 Å². The Morgan fingerprint density at radius 3 is 2.30 bits per heavy atom. The van der Waals surface area contributed by atoms with Crippen molar-refractivity contribution in [3.05, 3.63) is 48.0 Å². The topological polar surface area (TPSA) is 133 Å². The summed E-state index contributed by atoms with van der Waals surface area (Å²) in [6.45, 7) is 6.47. The Morgan fingerprint density at radius 2 is 1.57 bits per heavy atom. The third-order valence-corrected chi connectivity index (χ3v) is 7.19. The molecule has 212 valence electrons. The maximum atomic E-state index is 13.3. The monoisotopic (exact) mass is 550 g/mol. The van der Waals surface area contributed by atoms with Crippen LogP contribution in [0, 0.1) is 0 Å². The summed E-state index contributed by atoms with van der Waals surface area (Å²) < 4.78 is 10.9. The van der Waals surface area contributed by atoms with Crippen LogP contribution in [0.5, 0.6) is 11.5 Å². The highest BCUT2D eigenvalue weighted by atomic mass is 16.7. The van der Waals surface area contributed by atoms with Gasteiger partial charge in [-0.15, -0.1) is 0 Å². The Hall–Kier alpha value is -4.16. The molecular weight excluding hydrogens is 516 g/mol. The number of nitrogens with one attached hydrogen (secondary N) is 3. The Kier molecular flexibility index (Phi) is 8.46. The largest absolute Gasteiger partial charge is 0.454 e. The number of carbonyl (C=O) groups excluding carboxylic acids is 4. The fourth-order valence-electron chi connectivity index (χ4n) is 5.13. The van der Waals surface area contributed by atoms with Gasteiger partial charge in [0.2, 0.25) is 30.4 Å². The minimum Gasteiger partial charge on any atom is -0.454 e. The van der Waals surface area contributed by atoms with Gasteiger partial charge < -0.3 is 30.3 Å². The van der Waals surface area contributed by atoms with Crippen LogP contribution < -0.4 is 25.4 Å². The van der Waals surface area contributed by atoms with E-state index in [1.165, 1.54) is 11.8 Å². The van der Waals surface area contributed by atoms with Crippen LogP contribution >= 0.6 is 0 Å². The normalized spacial score (nSPS) is 19.2. The predicted molar refractivity (Wildman–Crippen MR) is 147 cm³/mol. The minimum absolute atomic E-state index is 0.145. The Bertz CT molecular complexity index is 1260. The third kappa shape index (κ3) is 6.88. The quantitative estimate of drug-likeness (QED) is 0.441. The van der Waals surface area contributed by atoms with E-state index in [0.717, 1.165) is 49.8 Å². The molecule has 5 rings (SSSR count). The molecule has 2 aromatic rings. The molecule has 3 heterocycles. The lowest BCUT2D eigenvalue weighted by Crippen LogP contribution is -2.60. The summed E-state index contributed by atoms with van der Waals surface area (Å²) in [6.07, 6.45) is -0.145. The van der Waals surface area contributed by atoms with Gasteiger partial charge in [0, 0.05) is 64.1 Å². The predicted octanol–water partition coefficient (Wildman–Crippen LogP) is 0.847. The fourth-order valence-corrected chi connectivity index (χ4v) is 5.13. The third-order valence-electron chi connectivity index (χ3n) is 7.19. The zero-order chi connectivity index (χ0) is 28.1. The summed E-state index contributed by atoms with van der Waals surface area (Å²) in [5.74, 6) is 0.500. The van der Waals surface area contributed by atoms with Crippen LogP contribution in [-0.2, 0) is 25.7 Å². The Balaban J connectivity index is 1.11. The number of carbonyl (C=O) groups is 4. The summed E-state index contributed by atoms with van der Waals surface area (Å²) in [5, 5.41) is 8.20. The Morgan fingerprint density at radius 1 is 0.900 bits per heavy atom. The maximum Gasteiger partial charge on any atom is 0.243 e. The van der Waals surface area contributed by atoms with Crippen LogP contribution in [-0.4, -0.2) is 97.0 Å². The van der Waals surface area contributed by atoms with Gasteiger partial charge >= 0.3 is 0 Å². The maximum absolute atomic E-state index is 13.3. The number of amides is 4. The van der Waals surface area contributed by atoms with Crippen molar-refractivity contribution in [3.8, 4) is 11.5 Å². The summed E-state index contributed by atoms with van der Waals surface area (Å²) in [5.41, 5.74) is 2.30. The van der Waals surface area contributed by atoms with E-state index in [4.69, 9.17) is 9.47 Å². The molecule has 0 aromatic heterocycles.